The average Bonchev–Trinajstić information content (AvgIpc) is 3.68. The Morgan fingerprint density at radius 1 is 0.667 bits per heavy atom. The van der Waals surface area contributed by atoms with E-state index in [1.807, 2.05) is 0 Å². The van der Waals surface area contributed by atoms with E-state index >= 15 is 0 Å². The smallest absolute Gasteiger partial charge is 0.327 e. The first kappa shape index (κ1) is 48.4. The van der Waals surface area contributed by atoms with Crippen LogP contribution in [0.5, 0.6) is 0 Å². The molecule has 0 aliphatic carbocycles. The number of thioether (sulfide) groups is 4. The van der Waals surface area contributed by atoms with E-state index in [4.69, 9.17) is 9.47 Å². The summed E-state index contributed by atoms with van der Waals surface area (Å²) in [4.78, 5) is 105. The fraction of sp³-hybridized carbons (Fsp3) is 0.765. The minimum absolute atomic E-state index is 0.0307. The zero-order valence-electron chi connectivity index (χ0n) is 31.9. The van der Waals surface area contributed by atoms with E-state index in [-0.39, 0.29) is 45.6 Å². The maximum absolute atomic E-state index is 14.9. The van der Waals surface area contributed by atoms with Crippen molar-refractivity contribution in [3.8, 4) is 0 Å². The summed E-state index contributed by atoms with van der Waals surface area (Å²) in [5.74, 6) is -3.47. The molecule has 2 heterocycles. The molecule has 0 aromatic heterocycles. The second-order valence-electron chi connectivity index (χ2n) is 14.8. The van der Waals surface area contributed by atoms with Crippen molar-refractivity contribution >= 4 is 115 Å². The van der Waals surface area contributed by atoms with Gasteiger partial charge in [-0.15, -0.1) is 23.5 Å². The Bertz CT molecular complexity index is 1370. The summed E-state index contributed by atoms with van der Waals surface area (Å²) in [6, 6.07) is -2.24. The SMILES string of the molecule is CC(=O)SCCC1SC[C@@H](C(=O)O)N1C(=O)CCSSCC(COC(=O)C(C)(C)C)(COC(=O)C(C)(C)C)C(=O)N1C(CCSC(C)=O)SC[C@H]1C(=O)O. The lowest BCUT2D eigenvalue weighted by Crippen LogP contribution is -2.57. The van der Waals surface area contributed by atoms with Gasteiger partial charge in [-0.25, -0.2) is 9.59 Å². The highest BCUT2D eigenvalue weighted by Gasteiger charge is 2.52. The van der Waals surface area contributed by atoms with Crippen LogP contribution in [0.2, 0.25) is 0 Å². The summed E-state index contributed by atoms with van der Waals surface area (Å²) in [7, 11) is 2.37. The maximum Gasteiger partial charge on any atom is 0.327 e. The van der Waals surface area contributed by atoms with E-state index in [0.717, 1.165) is 34.3 Å². The van der Waals surface area contributed by atoms with Gasteiger partial charge in [0.1, 0.15) is 30.7 Å². The van der Waals surface area contributed by atoms with Gasteiger partial charge >= 0.3 is 23.9 Å². The molecule has 0 radical (unpaired) electrons. The summed E-state index contributed by atoms with van der Waals surface area (Å²) in [5.41, 5.74) is -3.65. The van der Waals surface area contributed by atoms with E-state index in [0.29, 0.717) is 24.3 Å². The van der Waals surface area contributed by atoms with Crippen molar-refractivity contribution in [3.63, 3.8) is 0 Å². The number of carbonyl (C=O) groups is 8. The predicted octanol–water partition coefficient (Wildman–Crippen LogP) is 4.97. The molecule has 2 N–H and O–H groups in total. The lowest BCUT2D eigenvalue weighted by molar-refractivity contribution is -0.171. The third-order valence-corrected chi connectivity index (χ3v) is 15.0. The normalized spacial score (nSPS) is 20.4. The van der Waals surface area contributed by atoms with Crippen LogP contribution in [-0.4, -0.2) is 136 Å². The molecule has 20 heteroatoms. The predicted molar refractivity (Wildman–Crippen MR) is 217 cm³/mol. The number of ether oxygens (including phenoxy) is 2. The summed E-state index contributed by atoms with van der Waals surface area (Å²) in [5, 5.41) is 18.7. The van der Waals surface area contributed by atoms with Crippen molar-refractivity contribution in [2.24, 2.45) is 16.2 Å². The number of carbonyl (C=O) groups excluding carboxylic acids is 6. The molecule has 14 nitrogen and oxygen atoms in total. The lowest BCUT2D eigenvalue weighted by Gasteiger charge is -2.39. The number of amides is 2. The monoisotopic (exact) mass is 872 g/mol. The van der Waals surface area contributed by atoms with Gasteiger partial charge < -0.3 is 29.5 Å². The van der Waals surface area contributed by atoms with E-state index in [9.17, 15) is 48.6 Å². The van der Waals surface area contributed by atoms with Crippen LogP contribution in [0.15, 0.2) is 0 Å². The van der Waals surface area contributed by atoms with Gasteiger partial charge in [0, 0.05) is 54.8 Å². The van der Waals surface area contributed by atoms with Gasteiger partial charge in [-0.05, 0) is 54.4 Å². The van der Waals surface area contributed by atoms with Gasteiger partial charge in [0.25, 0.3) is 0 Å². The molecule has 0 spiro atoms. The number of aliphatic carboxylic acids is 2. The van der Waals surface area contributed by atoms with Crippen molar-refractivity contribution < 1.29 is 58.0 Å². The van der Waals surface area contributed by atoms with Crippen LogP contribution in [0.4, 0.5) is 0 Å². The quantitative estimate of drug-likeness (QED) is 0.1000. The Balaban J connectivity index is 2.39. The molecule has 54 heavy (non-hydrogen) atoms. The lowest BCUT2D eigenvalue weighted by atomic mass is 9.88. The van der Waals surface area contributed by atoms with Gasteiger partial charge in [-0.2, -0.15) is 0 Å². The van der Waals surface area contributed by atoms with E-state index in [2.05, 4.69) is 0 Å². The molecule has 0 aromatic rings. The van der Waals surface area contributed by atoms with Crippen molar-refractivity contribution in [2.45, 2.75) is 97.5 Å². The topological polar surface area (TPSA) is 202 Å². The molecule has 2 aliphatic rings. The van der Waals surface area contributed by atoms with Crippen LogP contribution in [0.1, 0.15) is 74.7 Å². The van der Waals surface area contributed by atoms with Crippen LogP contribution in [-0.2, 0) is 47.8 Å². The van der Waals surface area contributed by atoms with E-state index < -0.39 is 82.1 Å². The number of rotatable bonds is 19. The molecule has 0 aromatic carbocycles. The van der Waals surface area contributed by atoms with Gasteiger partial charge in [-0.1, -0.05) is 45.1 Å². The number of carboxylic acid groups (broad SMARTS) is 2. The molecule has 2 fully saturated rings. The van der Waals surface area contributed by atoms with Crippen LogP contribution < -0.4 is 0 Å². The Kier molecular flexibility index (Phi) is 19.4. The van der Waals surface area contributed by atoms with E-state index in [1.54, 1.807) is 41.5 Å². The first-order valence-electron chi connectivity index (χ1n) is 17.2. The third-order valence-electron chi connectivity index (χ3n) is 8.07. The maximum atomic E-state index is 14.9. The number of hydrogen-bond donors (Lipinski definition) is 2. The second-order valence-corrected chi connectivity index (χ2v) is 22.4. The standard InChI is InChI=1S/C34H52N2O12S6/c1-20(37)49-12-10-25-35(22(15-51-25)27(40)41)24(39)9-14-53-54-19-34(17-47-30(45)32(3,4)5,18-48-31(46)33(6,7)8)29(44)36-23(28(42)43)16-52-26(36)11-13-50-21(2)38/h22-23,25-26H,9-19H2,1-8H3,(H,40,41)(H,42,43)/t22-,23-,25?,26?/m0/s1. The average molecular weight is 873 g/mol. The summed E-state index contributed by atoms with van der Waals surface area (Å²) in [6.07, 6.45) is 0.712. The molecular formula is C34H52N2O12S6. The van der Waals surface area contributed by atoms with Crippen molar-refractivity contribution in [3.05, 3.63) is 0 Å². The number of nitrogens with zero attached hydrogens (tertiary/aromatic N) is 2. The minimum Gasteiger partial charge on any atom is -0.480 e. The highest BCUT2D eigenvalue weighted by molar-refractivity contribution is 8.76. The van der Waals surface area contributed by atoms with Crippen LogP contribution in [0, 0.1) is 16.2 Å². The van der Waals surface area contributed by atoms with Crippen LogP contribution >= 0.6 is 68.6 Å². The molecule has 2 amide bonds. The Labute approximate surface area is 342 Å². The summed E-state index contributed by atoms with van der Waals surface area (Å²) >= 11 is 4.79. The van der Waals surface area contributed by atoms with Gasteiger partial charge in [0.15, 0.2) is 10.2 Å². The highest BCUT2D eigenvalue weighted by Crippen LogP contribution is 2.41. The van der Waals surface area contributed by atoms with Crippen molar-refractivity contribution in [2.75, 3.05) is 47.7 Å². The van der Waals surface area contributed by atoms with Crippen molar-refractivity contribution in [1.82, 2.24) is 9.80 Å². The highest BCUT2D eigenvalue weighted by atomic mass is 33.1. The molecule has 0 saturated carbocycles. The first-order valence-corrected chi connectivity index (χ1v) is 23.8. The number of hydrogen-bond acceptors (Lipinski definition) is 16. The zero-order valence-corrected chi connectivity index (χ0v) is 36.8. The number of carboxylic acids is 2. The Morgan fingerprint density at radius 3 is 1.50 bits per heavy atom. The fourth-order valence-corrected chi connectivity index (χ4v) is 11.9. The minimum atomic E-state index is -1.74. The van der Waals surface area contributed by atoms with E-state index in [1.165, 1.54) is 58.0 Å². The van der Waals surface area contributed by atoms with Gasteiger partial charge in [0.05, 0.1) is 21.6 Å². The largest absolute Gasteiger partial charge is 0.480 e. The molecule has 0 bridgehead atoms. The molecule has 4 atom stereocenters. The van der Waals surface area contributed by atoms with Crippen molar-refractivity contribution in [1.29, 1.82) is 0 Å². The van der Waals surface area contributed by atoms with Gasteiger partial charge in [0.2, 0.25) is 11.8 Å². The zero-order chi connectivity index (χ0) is 41.0. The van der Waals surface area contributed by atoms with Crippen LogP contribution in [0.3, 0.4) is 0 Å². The second kappa shape index (κ2) is 21.7. The first-order chi connectivity index (χ1) is 25.0. The summed E-state index contributed by atoms with van der Waals surface area (Å²) in [6.45, 7) is 11.6. The molecule has 306 valence electrons. The molecule has 2 aliphatic heterocycles. The van der Waals surface area contributed by atoms with Crippen LogP contribution in [0.25, 0.3) is 0 Å². The Hall–Kier alpha value is -1.74. The fourth-order valence-electron chi connectivity index (χ4n) is 5.06. The third kappa shape index (κ3) is 14.6. The Morgan fingerprint density at radius 2 is 1.09 bits per heavy atom. The molecule has 2 unspecified atom stereocenters. The molecular weight excluding hydrogens is 821 g/mol. The summed E-state index contributed by atoms with van der Waals surface area (Å²) < 4.78 is 11.5. The molecule has 2 saturated heterocycles. The molecule has 2 rings (SSSR count). The number of esters is 2. The van der Waals surface area contributed by atoms with Gasteiger partial charge in [-0.3, -0.25) is 28.8 Å².